The molecule has 1 aliphatic heterocycles. The van der Waals surface area contributed by atoms with Crippen molar-refractivity contribution in [2.75, 3.05) is 32.1 Å². The van der Waals surface area contributed by atoms with Crippen molar-refractivity contribution in [3.8, 4) is 0 Å². The zero-order valence-electron chi connectivity index (χ0n) is 12.5. The predicted octanol–water partition coefficient (Wildman–Crippen LogP) is 4.07. The van der Waals surface area contributed by atoms with E-state index in [0.29, 0.717) is 11.3 Å². The molecular weight excluding hydrogens is 300 g/mol. The van der Waals surface area contributed by atoms with Crippen molar-refractivity contribution in [1.82, 2.24) is 4.90 Å². The Balaban J connectivity index is 1.88. The van der Waals surface area contributed by atoms with E-state index in [0.717, 1.165) is 24.5 Å². The molecule has 0 saturated heterocycles. The highest BCUT2D eigenvalue weighted by atomic mass is 35.5. The van der Waals surface area contributed by atoms with Gasteiger partial charge in [0.05, 0.1) is 17.0 Å². The summed E-state index contributed by atoms with van der Waals surface area (Å²) < 4.78 is 0. The van der Waals surface area contributed by atoms with Gasteiger partial charge in [-0.2, -0.15) is 0 Å². The van der Waals surface area contributed by atoms with Gasteiger partial charge in [0.1, 0.15) is 0 Å². The van der Waals surface area contributed by atoms with Crippen molar-refractivity contribution in [2.45, 2.75) is 22.6 Å². The second kappa shape index (κ2) is 6.47. The Morgan fingerprint density at radius 1 is 1.24 bits per heavy atom. The molecule has 2 atom stereocenters. The molecule has 0 N–H and O–H groups in total. The molecule has 1 aliphatic carbocycles. The number of allylic oxidation sites excluding steroid dienone is 2. The first kappa shape index (κ1) is 15.0. The molecule has 0 saturated carbocycles. The maximum absolute atomic E-state index is 6.23. The number of anilines is 1. The van der Waals surface area contributed by atoms with E-state index >= 15 is 0 Å². The van der Waals surface area contributed by atoms with E-state index in [9.17, 15) is 0 Å². The van der Waals surface area contributed by atoms with Crippen molar-refractivity contribution in [1.29, 1.82) is 0 Å². The Kier molecular flexibility index (Phi) is 4.63. The average Bonchev–Trinajstić information content (AvgIpc) is 2.46. The van der Waals surface area contributed by atoms with E-state index in [1.54, 1.807) is 0 Å². The monoisotopic (exact) mass is 320 g/mol. The first-order valence-corrected chi connectivity index (χ1v) is 8.63. The normalized spacial score (nSPS) is 23.3. The van der Waals surface area contributed by atoms with Crippen molar-refractivity contribution >= 4 is 29.1 Å². The van der Waals surface area contributed by atoms with Gasteiger partial charge in [-0.25, -0.2) is 0 Å². The molecule has 1 aromatic carbocycles. The van der Waals surface area contributed by atoms with Gasteiger partial charge in [-0.15, -0.1) is 11.8 Å². The third-order valence-electron chi connectivity index (χ3n) is 3.91. The number of hydrogen-bond acceptors (Lipinski definition) is 3. The van der Waals surface area contributed by atoms with E-state index in [1.807, 2.05) is 17.8 Å². The topological polar surface area (TPSA) is 6.48 Å². The van der Waals surface area contributed by atoms with Gasteiger partial charge in [0, 0.05) is 16.5 Å². The Hall–Kier alpha value is -0.900. The second-order valence-corrected chi connectivity index (χ2v) is 7.46. The number of hydrogen-bond donors (Lipinski definition) is 0. The molecule has 4 heteroatoms. The Labute approximate surface area is 136 Å². The summed E-state index contributed by atoms with van der Waals surface area (Å²) in [5, 5.41) is 1.32. The molecule has 0 bridgehead atoms. The van der Waals surface area contributed by atoms with E-state index in [-0.39, 0.29) is 0 Å². The molecule has 2 nitrogen and oxygen atoms in total. The number of benzene rings is 1. The molecular formula is C17H21ClN2S. The van der Waals surface area contributed by atoms with Crippen LogP contribution >= 0.6 is 23.4 Å². The van der Waals surface area contributed by atoms with Crippen LogP contribution in [0.25, 0.3) is 0 Å². The second-order valence-electron chi connectivity index (χ2n) is 5.81. The molecule has 0 aromatic heterocycles. The van der Waals surface area contributed by atoms with Crippen LogP contribution in [-0.4, -0.2) is 43.4 Å². The van der Waals surface area contributed by atoms with Gasteiger partial charge in [0.15, 0.2) is 0 Å². The summed E-state index contributed by atoms with van der Waals surface area (Å²) in [6, 6.07) is 6.70. The summed E-state index contributed by atoms with van der Waals surface area (Å²) in [5.74, 6) is 0. The molecule has 0 radical (unpaired) electrons. The minimum Gasteiger partial charge on any atom is -0.363 e. The summed E-state index contributed by atoms with van der Waals surface area (Å²) in [4.78, 5) is 6.10. The first-order valence-electron chi connectivity index (χ1n) is 7.38. The molecule has 0 amide bonds. The third-order valence-corrected chi connectivity index (χ3v) is 5.46. The number of nitrogens with zero attached hydrogens (tertiary/aromatic N) is 2. The molecule has 112 valence electrons. The molecule has 1 aromatic rings. The van der Waals surface area contributed by atoms with E-state index in [1.165, 1.54) is 10.6 Å². The lowest BCUT2D eigenvalue weighted by molar-refractivity contribution is 0.398. The van der Waals surface area contributed by atoms with Crippen molar-refractivity contribution in [3.63, 3.8) is 0 Å². The van der Waals surface area contributed by atoms with Crippen LogP contribution in [0.2, 0.25) is 5.02 Å². The SMILES string of the molecule is CN(C)CCCN1c2cc(Cl)ccc2S[C@H]2C=CC=C[C@@H]21. The van der Waals surface area contributed by atoms with Crippen LogP contribution in [0.3, 0.4) is 0 Å². The summed E-state index contributed by atoms with van der Waals surface area (Å²) in [6.07, 6.45) is 10.1. The number of halogens is 1. The highest BCUT2D eigenvalue weighted by Gasteiger charge is 2.32. The maximum atomic E-state index is 6.23. The standard InChI is InChI=1S/C17H21ClN2S/c1-19(2)10-5-11-20-14-6-3-4-7-16(14)21-17-9-8-13(18)12-15(17)20/h3-4,6-9,12,14,16H,5,10-11H2,1-2H3/t14-,16-/m0/s1. The van der Waals surface area contributed by atoms with Crippen LogP contribution in [0.15, 0.2) is 47.4 Å². The zero-order chi connectivity index (χ0) is 14.8. The van der Waals surface area contributed by atoms with E-state index < -0.39 is 0 Å². The molecule has 21 heavy (non-hydrogen) atoms. The van der Waals surface area contributed by atoms with Gasteiger partial charge >= 0.3 is 0 Å². The largest absolute Gasteiger partial charge is 0.363 e. The molecule has 0 spiro atoms. The minimum absolute atomic E-state index is 0.438. The number of thioether (sulfide) groups is 1. The lowest BCUT2D eigenvalue weighted by Crippen LogP contribution is -2.45. The Bertz CT molecular complexity index is 568. The summed E-state index contributed by atoms with van der Waals surface area (Å²) >= 11 is 8.17. The van der Waals surface area contributed by atoms with Crippen LogP contribution in [-0.2, 0) is 0 Å². The average molecular weight is 321 g/mol. The fourth-order valence-corrected chi connectivity index (χ4v) is 4.36. The highest BCUT2D eigenvalue weighted by molar-refractivity contribution is 8.00. The van der Waals surface area contributed by atoms with Crippen molar-refractivity contribution < 1.29 is 0 Å². The van der Waals surface area contributed by atoms with Crippen molar-refractivity contribution in [3.05, 3.63) is 47.5 Å². The summed E-state index contributed by atoms with van der Waals surface area (Å²) in [7, 11) is 4.26. The molecule has 3 rings (SSSR count). The van der Waals surface area contributed by atoms with Crippen LogP contribution in [0.4, 0.5) is 5.69 Å². The van der Waals surface area contributed by atoms with Crippen molar-refractivity contribution in [2.24, 2.45) is 0 Å². The molecule has 1 heterocycles. The van der Waals surface area contributed by atoms with E-state index in [2.05, 4.69) is 60.3 Å². The highest BCUT2D eigenvalue weighted by Crippen LogP contribution is 2.44. The zero-order valence-corrected chi connectivity index (χ0v) is 14.1. The van der Waals surface area contributed by atoms with Gasteiger partial charge in [0.25, 0.3) is 0 Å². The summed E-state index contributed by atoms with van der Waals surface area (Å²) in [6.45, 7) is 2.17. The fraction of sp³-hybridized carbons (Fsp3) is 0.412. The number of fused-ring (bicyclic) bond motifs is 2. The maximum Gasteiger partial charge on any atom is 0.0634 e. The van der Waals surface area contributed by atoms with Crippen LogP contribution in [0.5, 0.6) is 0 Å². The Morgan fingerprint density at radius 2 is 2.05 bits per heavy atom. The van der Waals surface area contributed by atoms with Crippen LogP contribution in [0, 0.1) is 0 Å². The smallest absolute Gasteiger partial charge is 0.0634 e. The number of rotatable bonds is 4. The van der Waals surface area contributed by atoms with E-state index in [4.69, 9.17) is 11.6 Å². The van der Waals surface area contributed by atoms with Crippen LogP contribution < -0.4 is 4.90 Å². The quantitative estimate of drug-likeness (QED) is 0.826. The van der Waals surface area contributed by atoms with Gasteiger partial charge in [-0.3, -0.25) is 0 Å². The van der Waals surface area contributed by atoms with Gasteiger partial charge in [-0.05, 0) is 45.3 Å². The summed E-state index contributed by atoms with van der Waals surface area (Å²) in [5.41, 5.74) is 1.28. The lowest BCUT2D eigenvalue weighted by Gasteiger charge is -2.42. The van der Waals surface area contributed by atoms with Gasteiger partial charge in [-0.1, -0.05) is 35.9 Å². The first-order chi connectivity index (χ1) is 10.1. The van der Waals surface area contributed by atoms with Gasteiger partial charge in [0.2, 0.25) is 0 Å². The minimum atomic E-state index is 0.438. The third kappa shape index (κ3) is 3.31. The molecule has 0 unspecified atom stereocenters. The molecule has 0 fully saturated rings. The predicted molar refractivity (Wildman–Crippen MR) is 93.7 cm³/mol. The molecule has 2 aliphatic rings. The fourth-order valence-electron chi connectivity index (χ4n) is 2.91. The van der Waals surface area contributed by atoms with Gasteiger partial charge < -0.3 is 9.80 Å². The Morgan fingerprint density at radius 3 is 2.86 bits per heavy atom. The lowest BCUT2D eigenvalue weighted by atomic mass is 10.0. The van der Waals surface area contributed by atoms with Crippen LogP contribution in [0.1, 0.15) is 6.42 Å².